The number of aryl methyl sites for hydroxylation is 1. The second kappa shape index (κ2) is 8.65. The number of rotatable bonds is 7. The first-order chi connectivity index (χ1) is 14.1. The van der Waals surface area contributed by atoms with E-state index < -0.39 is 0 Å². The van der Waals surface area contributed by atoms with Crippen LogP contribution >= 0.6 is 11.3 Å². The number of thiazole rings is 1. The van der Waals surface area contributed by atoms with Crippen LogP contribution in [-0.4, -0.2) is 32.4 Å². The Kier molecular flexibility index (Phi) is 5.80. The van der Waals surface area contributed by atoms with E-state index in [1.54, 1.807) is 24.8 Å². The van der Waals surface area contributed by atoms with Crippen LogP contribution in [0.25, 0.3) is 10.6 Å². The molecule has 1 fully saturated rings. The van der Waals surface area contributed by atoms with Crippen LogP contribution in [-0.2, 0) is 0 Å². The molecule has 4 rings (SSSR count). The van der Waals surface area contributed by atoms with Crippen molar-refractivity contribution < 1.29 is 9.53 Å². The lowest BCUT2D eigenvalue weighted by atomic mass is 9.78. The molecule has 1 saturated carbocycles. The fourth-order valence-electron chi connectivity index (χ4n) is 3.32. The Hall–Kier alpha value is -2.87. The number of pyridine rings is 1. The highest BCUT2D eigenvalue weighted by Gasteiger charge is 2.31. The molecule has 0 radical (unpaired) electrons. The zero-order valence-corrected chi connectivity index (χ0v) is 17.3. The van der Waals surface area contributed by atoms with Crippen molar-refractivity contribution in [3.8, 4) is 16.5 Å². The third kappa shape index (κ3) is 4.42. The molecule has 1 aliphatic rings. The summed E-state index contributed by atoms with van der Waals surface area (Å²) in [6, 6.07) is 3.92. The lowest BCUT2D eigenvalue weighted by Gasteiger charge is -2.33. The van der Waals surface area contributed by atoms with Crippen LogP contribution in [0.5, 0.6) is 5.88 Å². The maximum Gasteiger partial charge on any atom is 0.280 e. The Morgan fingerprint density at radius 1 is 1.31 bits per heavy atom. The third-order valence-corrected chi connectivity index (χ3v) is 6.04. The van der Waals surface area contributed by atoms with Crippen LogP contribution in [0, 0.1) is 12.8 Å². The van der Waals surface area contributed by atoms with E-state index in [0.717, 1.165) is 29.0 Å². The van der Waals surface area contributed by atoms with Gasteiger partial charge < -0.3 is 10.1 Å². The van der Waals surface area contributed by atoms with Crippen LogP contribution in [0.1, 0.15) is 53.3 Å². The number of ether oxygens (including phenoxy) is 1. The first-order valence-corrected chi connectivity index (χ1v) is 10.6. The van der Waals surface area contributed by atoms with Crippen LogP contribution < -0.4 is 10.1 Å². The normalized spacial score (nSPS) is 14.8. The third-order valence-electron chi connectivity index (χ3n) is 5.02. The molecule has 3 aromatic heterocycles. The summed E-state index contributed by atoms with van der Waals surface area (Å²) < 4.78 is 5.40. The Labute approximate surface area is 173 Å². The van der Waals surface area contributed by atoms with E-state index in [4.69, 9.17) is 4.74 Å². The van der Waals surface area contributed by atoms with E-state index in [1.165, 1.54) is 17.8 Å². The summed E-state index contributed by atoms with van der Waals surface area (Å²) in [5, 5.41) is 3.56. The Morgan fingerprint density at radius 2 is 2.17 bits per heavy atom. The van der Waals surface area contributed by atoms with Gasteiger partial charge in [0, 0.05) is 12.4 Å². The van der Waals surface area contributed by atoms with Crippen molar-refractivity contribution in [2.75, 3.05) is 6.61 Å². The number of nitrogens with one attached hydrogen (secondary N) is 1. The van der Waals surface area contributed by atoms with Gasteiger partial charge in [0.25, 0.3) is 5.91 Å². The molecule has 3 heterocycles. The van der Waals surface area contributed by atoms with Gasteiger partial charge in [0.05, 0.1) is 35.6 Å². The number of nitrogens with zero attached hydrogens (tertiary/aromatic N) is 4. The Bertz CT molecular complexity index is 1000. The largest absolute Gasteiger partial charge is 0.477 e. The molecule has 0 spiro atoms. The molecule has 7 nitrogen and oxygen atoms in total. The van der Waals surface area contributed by atoms with Crippen LogP contribution in [0.4, 0.5) is 0 Å². The van der Waals surface area contributed by atoms with E-state index in [0.29, 0.717) is 29.1 Å². The van der Waals surface area contributed by atoms with E-state index in [9.17, 15) is 4.79 Å². The summed E-state index contributed by atoms with van der Waals surface area (Å²) in [4.78, 5) is 31.1. The van der Waals surface area contributed by atoms with Gasteiger partial charge in [-0.25, -0.2) is 9.97 Å². The molecule has 1 atom stereocenters. The lowest BCUT2D eigenvalue weighted by Crippen LogP contribution is -2.36. The number of carbonyl (C=O) groups excluding carboxylic acids is 1. The van der Waals surface area contributed by atoms with E-state index in [2.05, 4.69) is 25.3 Å². The SMILES string of the molecule is CCOc1cncc(-c2cnc(C(=O)N[C@H](c3cc(C)ccn3)C3CCC3)s2)n1. The average Bonchev–Trinajstić information content (AvgIpc) is 3.17. The van der Waals surface area contributed by atoms with Crippen molar-refractivity contribution in [1.29, 1.82) is 0 Å². The van der Waals surface area contributed by atoms with Gasteiger partial charge in [0.15, 0.2) is 5.01 Å². The minimum atomic E-state index is -0.185. The fraction of sp³-hybridized carbons (Fsp3) is 0.381. The molecular weight excluding hydrogens is 386 g/mol. The summed E-state index contributed by atoms with van der Waals surface area (Å²) in [5.41, 5.74) is 2.69. The molecule has 3 aromatic rings. The lowest BCUT2D eigenvalue weighted by molar-refractivity contribution is 0.0898. The van der Waals surface area contributed by atoms with Crippen molar-refractivity contribution in [3.05, 3.63) is 53.2 Å². The first kappa shape index (κ1) is 19.4. The highest BCUT2D eigenvalue weighted by atomic mass is 32.1. The van der Waals surface area contributed by atoms with Crippen molar-refractivity contribution >= 4 is 17.2 Å². The summed E-state index contributed by atoms with van der Waals surface area (Å²) in [5.74, 6) is 0.691. The van der Waals surface area contributed by atoms with Crippen molar-refractivity contribution in [1.82, 2.24) is 25.3 Å². The van der Waals surface area contributed by atoms with Gasteiger partial charge in [0.1, 0.15) is 5.69 Å². The Morgan fingerprint density at radius 3 is 2.90 bits per heavy atom. The quantitative estimate of drug-likeness (QED) is 0.635. The second-order valence-corrected chi connectivity index (χ2v) is 8.14. The van der Waals surface area contributed by atoms with Gasteiger partial charge in [-0.2, -0.15) is 0 Å². The topological polar surface area (TPSA) is 89.9 Å². The predicted octanol–water partition coefficient (Wildman–Crippen LogP) is 3.97. The molecule has 0 bridgehead atoms. The van der Waals surface area contributed by atoms with Crippen molar-refractivity contribution in [2.24, 2.45) is 5.92 Å². The van der Waals surface area contributed by atoms with Crippen molar-refractivity contribution in [3.63, 3.8) is 0 Å². The average molecular weight is 410 g/mol. The minimum Gasteiger partial charge on any atom is -0.477 e. The smallest absolute Gasteiger partial charge is 0.280 e. The number of hydrogen-bond acceptors (Lipinski definition) is 7. The molecular formula is C21H23N5O2S. The second-order valence-electron chi connectivity index (χ2n) is 7.11. The molecule has 0 unspecified atom stereocenters. The van der Waals surface area contributed by atoms with Gasteiger partial charge in [-0.3, -0.25) is 14.8 Å². The van der Waals surface area contributed by atoms with Gasteiger partial charge in [-0.05, 0) is 50.3 Å². The van der Waals surface area contributed by atoms with Gasteiger partial charge in [-0.15, -0.1) is 11.3 Å². The zero-order chi connectivity index (χ0) is 20.2. The highest BCUT2D eigenvalue weighted by Crippen LogP contribution is 2.37. The number of hydrogen-bond donors (Lipinski definition) is 1. The Balaban J connectivity index is 1.52. The zero-order valence-electron chi connectivity index (χ0n) is 16.5. The monoisotopic (exact) mass is 409 g/mol. The molecule has 1 aliphatic carbocycles. The molecule has 29 heavy (non-hydrogen) atoms. The maximum absolute atomic E-state index is 12.9. The summed E-state index contributed by atoms with van der Waals surface area (Å²) >= 11 is 1.30. The number of aromatic nitrogens is 4. The maximum atomic E-state index is 12.9. The van der Waals surface area contributed by atoms with Crippen molar-refractivity contribution in [2.45, 2.75) is 39.2 Å². The molecule has 0 saturated heterocycles. The number of amides is 1. The molecule has 8 heteroatoms. The molecule has 0 aliphatic heterocycles. The molecule has 1 amide bonds. The highest BCUT2D eigenvalue weighted by molar-refractivity contribution is 7.16. The predicted molar refractivity (Wildman–Crippen MR) is 111 cm³/mol. The molecule has 150 valence electrons. The van der Waals surface area contributed by atoms with E-state index in [-0.39, 0.29) is 11.9 Å². The van der Waals surface area contributed by atoms with Gasteiger partial charge in [0.2, 0.25) is 5.88 Å². The van der Waals surface area contributed by atoms with E-state index in [1.807, 2.05) is 26.0 Å². The van der Waals surface area contributed by atoms with Gasteiger partial charge in [-0.1, -0.05) is 6.42 Å². The first-order valence-electron chi connectivity index (χ1n) is 9.78. The summed E-state index contributed by atoms with van der Waals surface area (Å²) in [6.45, 7) is 4.45. The standard InChI is InChI=1S/C21H23N5O2S/c1-3-28-18-12-22-10-16(25-18)17-11-24-21(29-17)20(27)26-19(14-5-4-6-14)15-9-13(2)7-8-23-15/h7-12,14,19H,3-6H2,1-2H3,(H,26,27)/t19-/m0/s1. The van der Waals surface area contributed by atoms with Crippen LogP contribution in [0.3, 0.4) is 0 Å². The van der Waals surface area contributed by atoms with E-state index >= 15 is 0 Å². The fourth-order valence-corrected chi connectivity index (χ4v) is 4.09. The minimum absolute atomic E-state index is 0.0930. The summed E-state index contributed by atoms with van der Waals surface area (Å²) in [6.07, 6.45) is 10.1. The number of carbonyl (C=O) groups is 1. The molecule has 0 aromatic carbocycles. The van der Waals surface area contributed by atoms with Crippen LogP contribution in [0.2, 0.25) is 0 Å². The summed E-state index contributed by atoms with van der Waals surface area (Å²) in [7, 11) is 0. The molecule has 1 N–H and O–H groups in total. The van der Waals surface area contributed by atoms with Gasteiger partial charge >= 0.3 is 0 Å². The van der Waals surface area contributed by atoms with Crippen LogP contribution in [0.15, 0.2) is 36.9 Å².